The van der Waals surface area contributed by atoms with E-state index in [2.05, 4.69) is 16.5 Å². The van der Waals surface area contributed by atoms with E-state index in [1.165, 1.54) is 0 Å². The number of carbonyl (C=O) groups excluding carboxylic acids is 3. The van der Waals surface area contributed by atoms with Crippen LogP contribution in [0.4, 0.5) is 4.79 Å². The molecule has 8 heteroatoms. The van der Waals surface area contributed by atoms with Gasteiger partial charge in [0.25, 0.3) is 6.08 Å². The average molecular weight is 186 g/mol. The van der Waals surface area contributed by atoms with Gasteiger partial charge in [-0.3, -0.25) is 0 Å². The molecule has 0 radical (unpaired) electrons. The van der Waals surface area contributed by atoms with Gasteiger partial charge < -0.3 is 4.84 Å². The van der Waals surface area contributed by atoms with Gasteiger partial charge in [-0.05, 0) is 0 Å². The number of carbonyl (C=O) groups is 2. The molecule has 3 N–H and O–H groups in total. The quantitative estimate of drug-likeness (QED) is 0.140. The van der Waals surface area contributed by atoms with E-state index in [0.29, 0.717) is 0 Å². The first-order valence-electron chi connectivity index (χ1n) is 2.88. The van der Waals surface area contributed by atoms with Crippen LogP contribution in [-0.2, 0) is 14.4 Å². The van der Waals surface area contributed by atoms with Gasteiger partial charge in [0.2, 0.25) is 0 Å². The van der Waals surface area contributed by atoms with Gasteiger partial charge in [-0.25, -0.2) is 25.7 Å². The van der Waals surface area contributed by atoms with E-state index in [9.17, 15) is 14.4 Å². The summed E-state index contributed by atoms with van der Waals surface area (Å²) in [5.74, 6) is 3.95. The molecule has 0 heterocycles. The Hall–Kier alpha value is -2.18. The second kappa shape index (κ2) is 5.47. The van der Waals surface area contributed by atoms with Crippen LogP contribution in [0.5, 0.6) is 0 Å². The number of hydrogen-bond acceptors (Lipinski definition) is 6. The van der Waals surface area contributed by atoms with Crippen LogP contribution in [0.2, 0.25) is 0 Å². The lowest BCUT2D eigenvalue weighted by atomic mass is 10.7. The van der Waals surface area contributed by atoms with Crippen molar-refractivity contribution in [2.75, 3.05) is 0 Å². The maximum atomic E-state index is 10.7. The van der Waals surface area contributed by atoms with Crippen molar-refractivity contribution < 1.29 is 19.2 Å². The van der Waals surface area contributed by atoms with Crippen LogP contribution >= 0.6 is 0 Å². The predicted molar refractivity (Wildman–Crippen MR) is 39.0 cm³/mol. The van der Waals surface area contributed by atoms with E-state index in [0.717, 1.165) is 12.2 Å². The average Bonchev–Trinajstić information content (AvgIpc) is 2.13. The van der Waals surface area contributed by atoms with Crippen LogP contribution in [0.3, 0.4) is 0 Å². The topological polar surface area (TPSA) is 114 Å². The Morgan fingerprint density at radius 2 is 2.31 bits per heavy atom. The summed E-state index contributed by atoms with van der Waals surface area (Å²) in [4.78, 5) is 34.7. The van der Waals surface area contributed by atoms with Crippen LogP contribution in [0.25, 0.3) is 0 Å². The van der Waals surface area contributed by atoms with Crippen LogP contribution in [0, 0.1) is 0 Å². The molecule has 70 valence electrons. The summed E-state index contributed by atoms with van der Waals surface area (Å²) in [6.07, 6.45) is 1.82. The van der Waals surface area contributed by atoms with Crippen molar-refractivity contribution in [3.63, 3.8) is 0 Å². The fourth-order valence-corrected chi connectivity index (χ4v) is 0.296. The SMILES string of the molecule is C=CC(=O)ON(N)C(=O)NN=C=O. The second-order valence-electron chi connectivity index (χ2n) is 1.56. The first kappa shape index (κ1) is 10.8. The summed E-state index contributed by atoms with van der Waals surface area (Å²) in [6.45, 7) is 3.06. The van der Waals surface area contributed by atoms with E-state index >= 15 is 0 Å². The minimum atomic E-state index is -1.10. The first-order valence-corrected chi connectivity index (χ1v) is 2.88. The van der Waals surface area contributed by atoms with Gasteiger partial charge in [-0.2, -0.15) is 0 Å². The summed E-state index contributed by atoms with van der Waals surface area (Å²) in [7, 11) is 0. The monoisotopic (exact) mass is 186 g/mol. The molecule has 0 aromatic rings. The number of nitrogens with one attached hydrogen (secondary N) is 1. The number of hydrazine groups is 1. The fraction of sp³-hybridized carbons (Fsp3) is 0. The molecule has 13 heavy (non-hydrogen) atoms. The number of rotatable bonds is 2. The molecule has 0 spiro atoms. The lowest BCUT2D eigenvalue weighted by molar-refractivity contribution is -0.171. The summed E-state index contributed by atoms with van der Waals surface area (Å²) in [5.41, 5.74) is 1.61. The number of nitrogens with two attached hydrogens (primary N) is 1. The van der Waals surface area contributed by atoms with Gasteiger partial charge in [-0.1, -0.05) is 16.9 Å². The molecule has 0 aromatic heterocycles. The molecule has 0 bridgehead atoms. The van der Waals surface area contributed by atoms with Crippen molar-refractivity contribution in [3.8, 4) is 0 Å². The molecule has 0 rings (SSSR count). The van der Waals surface area contributed by atoms with Crippen molar-refractivity contribution in [2.45, 2.75) is 0 Å². The van der Waals surface area contributed by atoms with E-state index in [1.807, 2.05) is 0 Å². The van der Waals surface area contributed by atoms with Gasteiger partial charge in [-0.15, -0.1) is 0 Å². The second-order valence-corrected chi connectivity index (χ2v) is 1.56. The van der Waals surface area contributed by atoms with Crippen molar-refractivity contribution in [1.82, 2.24) is 10.6 Å². The van der Waals surface area contributed by atoms with Crippen molar-refractivity contribution in [1.29, 1.82) is 0 Å². The standard InChI is InChI=1S/C5H6N4O4/c1-2-4(11)13-9(6)5(12)8-7-3-10/h2H,1,6H2,(H,8,12). The smallest absolute Gasteiger partial charge is 0.316 e. The minimum Gasteiger partial charge on any atom is -0.316 e. The number of nitrogens with zero attached hydrogens (tertiary/aromatic N) is 2. The number of urea groups is 1. The molecule has 0 aliphatic rings. The van der Waals surface area contributed by atoms with Crippen molar-refractivity contribution in [2.24, 2.45) is 10.9 Å². The molecular formula is C5H6N4O4. The molecule has 0 fully saturated rings. The van der Waals surface area contributed by atoms with Gasteiger partial charge in [0.15, 0.2) is 0 Å². The van der Waals surface area contributed by atoms with Crippen LogP contribution < -0.4 is 11.3 Å². The highest BCUT2D eigenvalue weighted by molar-refractivity contribution is 5.83. The lowest BCUT2D eigenvalue weighted by Crippen LogP contribution is -2.43. The summed E-state index contributed by atoms with van der Waals surface area (Å²) < 4.78 is 0. The van der Waals surface area contributed by atoms with Gasteiger partial charge >= 0.3 is 12.0 Å². The number of hydrogen-bond donors (Lipinski definition) is 2. The zero-order valence-corrected chi connectivity index (χ0v) is 6.39. The van der Waals surface area contributed by atoms with E-state index in [4.69, 9.17) is 5.84 Å². The highest BCUT2D eigenvalue weighted by Gasteiger charge is 2.11. The number of isocyanates is 1. The Labute approximate surface area is 72.5 Å². The molecule has 0 atom stereocenters. The third-order valence-corrected chi connectivity index (χ3v) is 0.752. The van der Waals surface area contributed by atoms with Crippen LogP contribution in [-0.4, -0.2) is 23.3 Å². The Balaban J connectivity index is 4.02. The third kappa shape index (κ3) is 4.30. The highest BCUT2D eigenvalue weighted by atomic mass is 16.7. The van der Waals surface area contributed by atoms with Crippen LogP contribution in [0.1, 0.15) is 0 Å². The lowest BCUT2D eigenvalue weighted by Gasteiger charge is -2.11. The molecule has 0 aliphatic heterocycles. The zero-order chi connectivity index (χ0) is 10.3. The Bertz CT molecular complexity index is 270. The van der Waals surface area contributed by atoms with Crippen molar-refractivity contribution in [3.05, 3.63) is 12.7 Å². The van der Waals surface area contributed by atoms with E-state index in [-0.39, 0.29) is 5.17 Å². The van der Waals surface area contributed by atoms with Gasteiger partial charge in [0, 0.05) is 6.08 Å². The zero-order valence-electron chi connectivity index (χ0n) is 6.39. The van der Waals surface area contributed by atoms with E-state index < -0.39 is 12.0 Å². The van der Waals surface area contributed by atoms with Crippen LogP contribution in [0.15, 0.2) is 17.8 Å². The number of hydroxylamine groups is 1. The molecule has 0 saturated heterocycles. The molecule has 0 saturated carbocycles. The molecular weight excluding hydrogens is 180 g/mol. The maximum Gasteiger partial charge on any atom is 0.387 e. The number of amides is 2. The highest BCUT2D eigenvalue weighted by Crippen LogP contribution is 1.84. The van der Waals surface area contributed by atoms with Gasteiger partial charge in [0.05, 0.1) is 0 Å². The molecule has 0 aliphatic carbocycles. The minimum absolute atomic E-state index is 0.0604. The molecule has 0 unspecified atom stereocenters. The largest absolute Gasteiger partial charge is 0.387 e. The summed E-state index contributed by atoms with van der Waals surface area (Å²) in [5, 5.41) is 2.74. The van der Waals surface area contributed by atoms with Gasteiger partial charge in [0.1, 0.15) is 0 Å². The van der Waals surface area contributed by atoms with E-state index in [1.54, 1.807) is 5.43 Å². The maximum absolute atomic E-state index is 10.7. The summed E-state index contributed by atoms with van der Waals surface area (Å²) >= 11 is 0. The molecule has 8 nitrogen and oxygen atoms in total. The van der Waals surface area contributed by atoms with Crippen molar-refractivity contribution >= 4 is 18.1 Å². The summed E-state index contributed by atoms with van der Waals surface area (Å²) in [6, 6.07) is -1.10. The number of hydrazone groups is 1. The first-order chi connectivity index (χ1) is 6.11. The predicted octanol–water partition coefficient (Wildman–Crippen LogP) is -1.23. The normalized spacial score (nSPS) is 7.77. The molecule has 2 amide bonds. The fourth-order valence-electron chi connectivity index (χ4n) is 0.296. The Kier molecular flexibility index (Phi) is 4.55. The Morgan fingerprint density at radius 1 is 1.69 bits per heavy atom. The Morgan fingerprint density at radius 3 is 2.77 bits per heavy atom. The third-order valence-electron chi connectivity index (χ3n) is 0.752. The molecule has 0 aromatic carbocycles.